The van der Waals surface area contributed by atoms with Crippen molar-refractivity contribution in [1.29, 1.82) is 0 Å². The van der Waals surface area contributed by atoms with E-state index < -0.39 is 34.0 Å². The minimum atomic E-state index is -2.27. The van der Waals surface area contributed by atoms with Crippen LogP contribution in [0.5, 0.6) is 0 Å². The molecule has 2 N–H and O–H groups in total. The minimum Gasteiger partial charge on any atom is -0.771 e. The topological polar surface area (TPSA) is 121 Å². The molecule has 70 valence electrons. The fraction of sp³-hybridized carbons (Fsp3) is 1.00. The van der Waals surface area contributed by atoms with Crippen LogP contribution in [0.15, 0.2) is 0 Å². The third-order valence-corrected chi connectivity index (χ3v) is 0.632. The summed E-state index contributed by atoms with van der Waals surface area (Å²) in [4.78, 5) is 0. The van der Waals surface area contributed by atoms with Crippen LogP contribution >= 0.6 is 0 Å². The van der Waals surface area contributed by atoms with Crippen molar-refractivity contribution in [1.82, 2.24) is 0 Å². The zero-order valence-electron chi connectivity index (χ0n) is 5.11. The molecule has 0 saturated carbocycles. The predicted octanol–water partition coefficient (Wildman–Crippen LogP) is -2.37. The van der Waals surface area contributed by atoms with Gasteiger partial charge in [-0.3, -0.25) is 8.42 Å². The zero-order chi connectivity index (χ0) is 8.57. The maximum atomic E-state index is 9.12. The number of rotatable bonds is 2. The summed E-state index contributed by atoms with van der Waals surface area (Å²) in [6.07, 6.45) is 0. The molecule has 11 heavy (non-hydrogen) atoms. The smallest absolute Gasteiger partial charge is 0.771 e. The van der Waals surface area contributed by atoms with Gasteiger partial charge in [-0.25, -0.2) is 0 Å². The van der Waals surface area contributed by atoms with Crippen LogP contribution < -0.4 is 0 Å². The molecular formula is C2H6FeO6S2. The van der Waals surface area contributed by atoms with E-state index in [4.69, 9.17) is 27.7 Å². The first-order valence-electron chi connectivity index (χ1n) is 1.88. The summed E-state index contributed by atoms with van der Waals surface area (Å²) >= 11 is -4.53. The molecule has 0 aliphatic carbocycles. The summed E-state index contributed by atoms with van der Waals surface area (Å²) in [6.45, 7) is 0. The van der Waals surface area contributed by atoms with E-state index in [9.17, 15) is 0 Å². The molecule has 0 spiro atoms. The molecule has 0 saturated heterocycles. The van der Waals surface area contributed by atoms with Crippen molar-refractivity contribution in [3.8, 4) is 0 Å². The quantitative estimate of drug-likeness (QED) is 0.415. The van der Waals surface area contributed by atoms with Crippen molar-refractivity contribution >= 4 is 22.2 Å². The van der Waals surface area contributed by atoms with Crippen LogP contribution in [0.3, 0.4) is 0 Å². The first-order chi connectivity index (χ1) is 4.54. The summed E-state index contributed by atoms with van der Waals surface area (Å²) in [5, 5.41) is 15.1. The van der Waals surface area contributed by atoms with Gasteiger partial charge in [-0.05, 0) is 22.2 Å². The Labute approximate surface area is 79.0 Å². The molecule has 0 aliphatic rings. The van der Waals surface area contributed by atoms with Crippen LogP contribution in [0.4, 0.5) is 0 Å². The molecule has 0 heterocycles. The Morgan fingerprint density at radius 2 is 1.09 bits per heavy atom. The molecule has 2 unspecified atom stereocenters. The Morgan fingerprint density at radius 1 is 1.00 bits per heavy atom. The maximum absolute atomic E-state index is 9.12. The van der Waals surface area contributed by atoms with Gasteiger partial charge in [-0.1, -0.05) is 0 Å². The van der Waals surface area contributed by atoms with Crippen molar-refractivity contribution in [2.24, 2.45) is 0 Å². The van der Waals surface area contributed by atoms with Crippen LogP contribution in [0, 0.1) is 0 Å². The summed E-state index contributed by atoms with van der Waals surface area (Å²) in [6, 6.07) is 0. The van der Waals surface area contributed by atoms with Crippen LogP contribution in [-0.4, -0.2) is 39.6 Å². The number of aliphatic hydroxyl groups is 2. The second-order valence-electron chi connectivity index (χ2n) is 0.866. The number of hydrogen-bond donors (Lipinski definition) is 2. The van der Waals surface area contributed by atoms with E-state index in [1.807, 2.05) is 0 Å². The van der Waals surface area contributed by atoms with Gasteiger partial charge < -0.3 is 19.3 Å². The van der Waals surface area contributed by atoms with E-state index in [0.717, 1.165) is 0 Å². The largest absolute Gasteiger partial charge is 2.00 e. The molecule has 0 bridgehead atoms. The molecule has 6 nitrogen and oxygen atoms in total. The van der Waals surface area contributed by atoms with Crippen LogP contribution in [0.2, 0.25) is 0 Å². The van der Waals surface area contributed by atoms with Gasteiger partial charge in [0.2, 0.25) is 0 Å². The van der Waals surface area contributed by atoms with Crippen molar-refractivity contribution in [3.05, 3.63) is 0 Å². The maximum Gasteiger partial charge on any atom is 2.00 e. The fourth-order valence-electron chi connectivity index (χ4n) is 0. The van der Waals surface area contributed by atoms with E-state index in [1.165, 1.54) is 0 Å². The van der Waals surface area contributed by atoms with Gasteiger partial charge in [0.25, 0.3) is 0 Å². The summed E-state index contributed by atoms with van der Waals surface area (Å²) < 4.78 is 36.5. The van der Waals surface area contributed by atoms with E-state index in [-0.39, 0.29) is 17.1 Å². The average molecular weight is 246 g/mol. The van der Waals surface area contributed by atoms with Gasteiger partial charge in [-0.15, -0.1) is 0 Å². The predicted molar refractivity (Wildman–Crippen MR) is 32.0 cm³/mol. The standard InChI is InChI=1S/2CH4O3S.Fe/c2*2-1-5(3)4;/h2*2H,1H2,(H,3,4);/q;;+2/p-2. The molecule has 0 aromatic carbocycles. The molecule has 2 atom stereocenters. The zero-order valence-corrected chi connectivity index (χ0v) is 7.85. The summed E-state index contributed by atoms with van der Waals surface area (Å²) in [5.41, 5.74) is 0. The van der Waals surface area contributed by atoms with Crippen molar-refractivity contribution in [2.45, 2.75) is 0 Å². The van der Waals surface area contributed by atoms with E-state index in [2.05, 4.69) is 0 Å². The average Bonchev–Trinajstić information content (AvgIpc) is 1.89. The monoisotopic (exact) mass is 246 g/mol. The first kappa shape index (κ1) is 17.7. The van der Waals surface area contributed by atoms with Gasteiger partial charge in [-0.2, -0.15) is 0 Å². The molecule has 0 amide bonds. The van der Waals surface area contributed by atoms with Gasteiger partial charge in [0.1, 0.15) is 11.9 Å². The Bertz CT molecular complexity index is 103. The molecule has 0 aromatic rings. The Morgan fingerprint density at radius 3 is 1.09 bits per heavy atom. The van der Waals surface area contributed by atoms with Crippen LogP contribution in [0.25, 0.3) is 0 Å². The molecular weight excluding hydrogens is 240 g/mol. The fourth-order valence-corrected chi connectivity index (χ4v) is 0. The van der Waals surface area contributed by atoms with Crippen molar-refractivity contribution in [3.63, 3.8) is 0 Å². The van der Waals surface area contributed by atoms with Crippen LogP contribution in [0.1, 0.15) is 0 Å². The molecule has 0 aliphatic heterocycles. The summed E-state index contributed by atoms with van der Waals surface area (Å²) in [7, 11) is 0. The minimum absolute atomic E-state index is 0. The normalized spacial score (nSPS) is 13.5. The molecule has 0 radical (unpaired) electrons. The van der Waals surface area contributed by atoms with E-state index in [1.54, 1.807) is 0 Å². The summed E-state index contributed by atoms with van der Waals surface area (Å²) in [5.74, 6) is -1.56. The molecule has 0 aromatic heterocycles. The Kier molecular flexibility index (Phi) is 21.3. The van der Waals surface area contributed by atoms with Crippen molar-refractivity contribution < 1.29 is 44.8 Å². The second-order valence-corrected chi connectivity index (χ2v) is 2.60. The van der Waals surface area contributed by atoms with Gasteiger partial charge >= 0.3 is 17.1 Å². The third-order valence-electron chi connectivity index (χ3n) is 0.211. The molecule has 9 heteroatoms. The Hall–Kier alpha value is 0.659. The van der Waals surface area contributed by atoms with Gasteiger partial charge in [0, 0.05) is 0 Å². The van der Waals surface area contributed by atoms with Gasteiger partial charge in [0.05, 0.1) is 0 Å². The second kappa shape index (κ2) is 13.3. The van der Waals surface area contributed by atoms with Crippen molar-refractivity contribution in [2.75, 3.05) is 11.9 Å². The molecule has 0 fully saturated rings. The third kappa shape index (κ3) is 36.8. The van der Waals surface area contributed by atoms with Gasteiger partial charge in [0.15, 0.2) is 0 Å². The first-order valence-corrected chi connectivity index (χ1v) is 4.36. The van der Waals surface area contributed by atoms with E-state index >= 15 is 0 Å². The Balaban J connectivity index is -0.000000107. The number of aliphatic hydroxyl groups excluding tert-OH is 2. The SMILES string of the molecule is O=S([O-])CO.O=S([O-])CO.[Fe+2]. The number of hydrogen-bond acceptors (Lipinski definition) is 6. The molecule has 0 rings (SSSR count). The van der Waals surface area contributed by atoms with Crippen LogP contribution in [-0.2, 0) is 39.2 Å². The van der Waals surface area contributed by atoms with E-state index in [0.29, 0.717) is 0 Å².